The maximum Gasteiger partial charge on any atom is 0.293 e. The number of benzene rings is 1. The van der Waals surface area contributed by atoms with Crippen molar-refractivity contribution in [3.05, 3.63) is 46.6 Å². The van der Waals surface area contributed by atoms with Crippen LogP contribution in [-0.4, -0.2) is 58.0 Å². The molecule has 1 aromatic carbocycles. The summed E-state index contributed by atoms with van der Waals surface area (Å²) < 4.78 is 13.8. The minimum atomic E-state index is -0.855. The number of nitrogens with two attached hydrogens (primary N) is 1. The normalized spacial score (nSPS) is 24.4. The molecule has 168 valence electrons. The molecule has 2 heterocycles. The van der Waals surface area contributed by atoms with E-state index in [0.29, 0.717) is 11.0 Å². The number of hydrogen-bond acceptors (Lipinski definition) is 5. The zero-order chi connectivity index (χ0) is 22.3. The van der Waals surface area contributed by atoms with Crippen LogP contribution in [0.3, 0.4) is 0 Å². The molecule has 1 aliphatic carbocycles. The smallest absolute Gasteiger partial charge is 0.293 e. The Morgan fingerprint density at radius 3 is 2.45 bits per heavy atom. The van der Waals surface area contributed by atoms with E-state index in [9.17, 15) is 19.1 Å². The van der Waals surface area contributed by atoms with Gasteiger partial charge < -0.3 is 20.6 Å². The summed E-state index contributed by atoms with van der Waals surface area (Å²) in [5.41, 5.74) is 7.08. The van der Waals surface area contributed by atoms with Crippen LogP contribution >= 0.6 is 0 Å². The topological polar surface area (TPSA) is 90.1 Å². The van der Waals surface area contributed by atoms with E-state index in [1.807, 2.05) is 0 Å². The van der Waals surface area contributed by atoms with Crippen LogP contribution in [0.1, 0.15) is 49.7 Å². The number of amides is 2. The van der Waals surface area contributed by atoms with Gasteiger partial charge in [0.25, 0.3) is 11.8 Å². The molecule has 3 aliphatic rings. The van der Waals surface area contributed by atoms with E-state index in [1.54, 1.807) is 31.0 Å². The van der Waals surface area contributed by atoms with E-state index in [-0.39, 0.29) is 18.1 Å². The van der Waals surface area contributed by atoms with E-state index in [4.69, 9.17) is 5.73 Å². The van der Waals surface area contributed by atoms with Crippen LogP contribution in [0, 0.1) is 18.2 Å². The largest absolute Gasteiger partial charge is 0.501 e. The molecule has 4 rings (SSSR count). The zero-order valence-electron chi connectivity index (χ0n) is 18.2. The quantitative estimate of drug-likeness (QED) is 0.766. The minimum Gasteiger partial charge on any atom is -0.501 e. The van der Waals surface area contributed by atoms with Gasteiger partial charge >= 0.3 is 0 Å². The fraction of sp³-hybridized carbons (Fsp3) is 0.565. The Hall–Kier alpha value is -2.61. The summed E-state index contributed by atoms with van der Waals surface area (Å²) in [6, 6.07) is 4.74. The Balaban J connectivity index is 1.67. The number of aliphatic hydroxyl groups is 1. The van der Waals surface area contributed by atoms with Crippen LogP contribution in [0.2, 0.25) is 0 Å². The van der Waals surface area contributed by atoms with E-state index in [2.05, 4.69) is 4.90 Å². The molecular formula is C23H31FN4O3. The first kappa shape index (κ1) is 21.6. The van der Waals surface area contributed by atoms with Crippen molar-refractivity contribution >= 4 is 11.8 Å². The van der Waals surface area contributed by atoms with Gasteiger partial charge in [-0.3, -0.25) is 14.5 Å². The number of hydrogen-bond donors (Lipinski definition) is 2. The van der Waals surface area contributed by atoms with Crippen molar-refractivity contribution in [2.75, 3.05) is 20.1 Å². The molecule has 7 nitrogen and oxygen atoms in total. The second-order valence-electron chi connectivity index (χ2n) is 9.28. The molecular weight excluding hydrogens is 399 g/mol. The lowest BCUT2D eigenvalue weighted by Gasteiger charge is -2.51. The number of likely N-dealkylation sites (tertiary alicyclic amines) is 1. The number of carbonyl (C=O) groups is 2. The number of carbonyl (C=O) groups excluding carboxylic acids is 2. The molecule has 2 amide bonds. The Kier molecular flexibility index (Phi) is 5.68. The highest BCUT2D eigenvalue weighted by Gasteiger charge is 2.46. The molecule has 1 spiro atoms. The summed E-state index contributed by atoms with van der Waals surface area (Å²) in [6.07, 6.45) is 6.63. The van der Waals surface area contributed by atoms with Crippen molar-refractivity contribution in [3.63, 3.8) is 0 Å². The van der Waals surface area contributed by atoms with Crippen molar-refractivity contribution in [2.24, 2.45) is 11.1 Å². The Morgan fingerprint density at radius 2 is 1.87 bits per heavy atom. The van der Waals surface area contributed by atoms with E-state index in [1.165, 1.54) is 36.6 Å². The number of piperidine rings is 1. The number of rotatable bonds is 4. The van der Waals surface area contributed by atoms with Gasteiger partial charge in [0.2, 0.25) is 5.76 Å². The Labute approximate surface area is 182 Å². The highest BCUT2D eigenvalue weighted by Crippen LogP contribution is 2.47. The van der Waals surface area contributed by atoms with Gasteiger partial charge in [-0.2, -0.15) is 0 Å². The molecule has 1 saturated heterocycles. The molecule has 1 atom stereocenters. The average Bonchev–Trinajstić information content (AvgIpc) is 3.18. The van der Waals surface area contributed by atoms with Crippen molar-refractivity contribution in [3.8, 4) is 0 Å². The molecule has 3 N–H and O–H groups in total. The maximum atomic E-state index is 13.8. The third-order valence-electron chi connectivity index (χ3n) is 7.32. The number of likely N-dealkylation sites (N-methyl/N-ethyl adjacent to an activating group) is 1. The third-order valence-corrected chi connectivity index (χ3v) is 7.32. The van der Waals surface area contributed by atoms with Gasteiger partial charge in [-0.25, -0.2) is 4.39 Å². The maximum absolute atomic E-state index is 13.8. The van der Waals surface area contributed by atoms with Crippen LogP contribution in [-0.2, 0) is 16.1 Å². The third kappa shape index (κ3) is 3.89. The van der Waals surface area contributed by atoms with E-state index in [0.717, 1.165) is 31.5 Å². The minimum absolute atomic E-state index is 0.184. The van der Waals surface area contributed by atoms with Crippen LogP contribution < -0.4 is 5.73 Å². The number of halogens is 1. The van der Waals surface area contributed by atoms with E-state index < -0.39 is 23.9 Å². The van der Waals surface area contributed by atoms with Crippen molar-refractivity contribution in [1.82, 2.24) is 14.7 Å². The van der Waals surface area contributed by atoms with Crippen molar-refractivity contribution < 1.29 is 19.1 Å². The van der Waals surface area contributed by atoms with Crippen molar-refractivity contribution in [2.45, 2.75) is 58.3 Å². The number of aryl methyl sites for hydroxylation is 1. The lowest BCUT2D eigenvalue weighted by Crippen LogP contribution is -2.64. The Morgan fingerprint density at radius 1 is 1.23 bits per heavy atom. The zero-order valence-corrected chi connectivity index (χ0v) is 18.2. The first-order valence-electron chi connectivity index (χ1n) is 11.0. The van der Waals surface area contributed by atoms with Gasteiger partial charge in [-0.05, 0) is 55.2 Å². The van der Waals surface area contributed by atoms with Gasteiger partial charge in [-0.15, -0.1) is 0 Å². The van der Waals surface area contributed by atoms with Crippen LogP contribution in [0.15, 0.2) is 29.7 Å². The number of nitrogens with zero attached hydrogens (tertiary/aromatic N) is 3. The van der Waals surface area contributed by atoms with Gasteiger partial charge in [0, 0.05) is 26.7 Å². The molecule has 0 bridgehead atoms. The predicted octanol–water partition coefficient (Wildman–Crippen LogP) is 2.60. The van der Waals surface area contributed by atoms with Crippen LogP contribution in [0.5, 0.6) is 0 Å². The lowest BCUT2D eigenvalue weighted by atomic mass is 9.77. The molecule has 1 saturated carbocycles. The van der Waals surface area contributed by atoms with Gasteiger partial charge in [0.15, 0.2) is 12.0 Å². The number of aliphatic hydroxyl groups excluding tert-OH is 1. The molecule has 2 aliphatic heterocycles. The first-order chi connectivity index (χ1) is 14.7. The summed E-state index contributed by atoms with van der Waals surface area (Å²) in [5, 5.41) is 10.5. The summed E-state index contributed by atoms with van der Waals surface area (Å²) >= 11 is 0. The molecule has 0 radical (unpaired) electrons. The highest BCUT2D eigenvalue weighted by molar-refractivity contribution is 6.03. The Bertz CT molecular complexity index is 915. The summed E-state index contributed by atoms with van der Waals surface area (Å²) in [6.45, 7) is 3.49. The fourth-order valence-electron chi connectivity index (χ4n) is 5.55. The second kappa shape index (κ2) is 8.15. The molecule has 0 aromatic heterocycles. The molecule has 8 heteroatoms. The summed E-state index contributed by atoms with van der Waals surface area (Å²) in [7, 11) is 1.63. The van der Waals surface area contributed by atoms with Crippen LogP contribution in [0.4, 0.5) is 4.39 Å². The predicted molar refractivity (Wildman–Crippen MR) is 114 cm³/mol. The summed E-state index contributed by atoms with van der Waals surface area (Å²) in [5.74, 6) is -2.43. The van der Waals surface area contributed by atoms with E-state index >= 15 is 0 Å². The van der Waals surface area contributed by atoms with Gasteiger partial charge in [0.1, 0.15) is 5.82 Å². The molecule has 1 aromatic rings. The number of primary amides is 1. The fourth-order valence-corrected chi connectivity index (χ4v) is 5.55. The highest BCUT2D eigenvalue weighted by atomic mass is 19.1. The standard InChI is InChI=1S/C23H31FN4O3/c1-15-13-16(5-6-17(15)24)14-28-18(20(25)30)19(29)21(31)26(2)22(28)27-11-9-23(10-12-27)7-3-4-8-23/h5-6,13,22,29H,3-4,7-12,14H2,1-2H3,(H2,25,30). The lowest BCUT2D eigenvalue weighted by molar-refractivity contribution is -0.153. The van der Waals surface area contributed by atoms with Crippen LogP contribution in [0.25, 0.3) is 0 Å². The molecule has 31 heavy (non-hydrogen) atoms. The second-order valence-corrected chi connectivity index (χ2v) is 9.28. The SMILES string of the molecule is Cc1cc(CN2C(C(N)=O)=C(O)C(=O)N(C)C2N2CCC3(CCCC3)CC2)ccc1F. The van der Waals surface area contributed by atoms with Crippen molar-refractivity contribution in [1.29, 1.82) is 0 Å². The van der Waals surface area contributed by atoms with Gasteiger partial charge in [0.05, 0.1) is 0 Å². The van der Waals surface area contributed by atoms with Gasteiger partial charge in [-0.1, -0.05) is 25.0 Å². The first-order valence-corrected chi connectivity index (χ1v) is 11.0. The molecule has 1 unspecified atom stereocenters. The summed E-state index contributed by atoms with van der Waals surface area (Å²) in [4.78, 5) is 30.4. The monoisotopic (exact) mass is 430 g/mol. The molecule has 2 fully saturated rings. The average molecular weight is 431 g/mol.